The van der Waals surface area contributed by atoms with Crippen LogP contribution in [0.3, 0.4) is 0 Å². The molecule has 86 valence electrons. The molecule has 0 bridgehead atoms. The summed E-state index contributed by atoms with van der Waals surface area (Å²) in [6, 6.07) is 4.74. The normalized spacial score (nSPS) is 16.2. The van der Waals surface area contributed by atoms with Crippen LogP contribution in [-0.2, 0) is 6.61 Å². The SMILES string of the molecule is CC1=CCN(c2cc(F)cc(CO)c2)CC1. The molecule has 0 unspecified atom stereocenters. The van der Waals surface area contributed by atoms with Crippen LogP contribution < -0.4 is 4.90 Å². The third kappa shape index (κ3) is 2.42. The highest BCUT2D eigenvalue weighted by Crippen LogP contribution is 2.22. The van der Waals surface area contributed by atoms with Gasteiger partial charge in [-0.3, -0.25) is 0 Å². The van der Waals surface area contributed by atoms with Crippen molar-refractivity contribution >= 4 is 5.69 Å². The van der Waals surface area contributed by atoms with Crippen molar-refractivity contribution in [1.82, 2.24) is 0 Å². The molecule has 0 spiro atoms. The Balaban J connectivity index is 2.23. The van der Waals surface area contributed by atoms with Crippen LogP contribution in [0.25, 0.3) is 0 Å². The number of nitrogens with zero attached hydrogens (tertiary/aromatic N) is 1. The highest BCUT2D eigenvalue weighted by Gasteiger charge is 2.11. The summed E-state index contributed by atoms with van der Waals surface area (Å²) in [5.41, 5.74) is 2.86. The molecule has 1 aromatic carbocycles. The minimum atomic E-state index is -0.284. The summed E-state index contributed by atoms with van der Waals surface area (Å²) in [4.78, 5) is 2.12. The Morgan fingerprint density at radius 3 is 2.81 bits per heavy atom. The second-order valence-corrected chi connectivity index (χ2v) is 4.22. The Hall–Kier alpha value is -1.35. The van der Waals surface area contributed by atoms with Crippen molar-refractivity contribution in [3.63, 3.8) is 0 Å². The number of aliphatic hydroxyl groups is 1. The van der Waals surface area contributed by atoms with Crippen LogP contribution in [0.1, 0.15) is 18.9 Å². The Labute approximate surface area is 95.0 Å². The van der Waals surface area contributed by atoms with Crippen LogP contribution in [0.15, 0.2) is 29.8 Å². The highest BCUT2D eigenvalue weighted by molar-refractivity contribution is 5.50. The average Bonchev–Trinajstić information content (AvgIpc) is 2.29. The van der Waals surface area contributed by atoms with E-state index in [9.17, 15) is 4.39 Å². The van der Waals surface area contributed by atoms with Gasteiger partial charge in [-0.15, -0.1) is 0 Å². The maximum atomic E-state index is 13.3. The fourth-order valence-corrected chi connectivity index (χ4v) is 1.91. The molecule has 2 nitrogen and oxygen atoms in total. The predicted molar refractivity (Wildman–Crippen MR) is 62.9 cm³/mol. The fourth-order valence-electron chi connectivity index (χ4n) is 1.91. The topological polar surface area (TPSA) is 23.5 Å². The first-order valence-electron chi connectivity index (χ1n) is 5.50. The summed E-state index contributed by atoms with van der Waals surface area (Å²) < 4.78 is 13.3. The molecule has 1 heterocycles. The third-order valence-corrected chi connectivity index (χ3v) is 2.93. The minimum absolute atomic E-state index is 0.118. The molecule has 0 amide bonds. The monoisotopic (exact) mass is 221 g/mol. The summed E-state index contributed by atoms with van der Waals surface area (Å²) in [5.74, 6) is -0.284. The summed E-state index contributed by atoms with van der Waals surface area (Å²) >= 11 is 0. The van der Waals surface area contributed by atoms with Gasteiger partial charge in [-0.25, -0.2) is 4.39 Å². The second-order valence-electron chi connectivity index (χ2n) is 4.22. The van der Waals surface area contributed by atoms with Gasteiger partial charge in [-0.2, -0.15) is 0 Å². The summed E-state index contributed by atoms with van der Waals surface area (Å²) in [6.07, 6.45) is 3.18. The van der Waals surface area contributed by atoms with Gasteiger partial charge in [0.2, 0.25) is 0 Å². The Morgan fingerprint density at radius 1 is 1.38 bits per heavy atom. The highest BCUT2D eigenvalue weighted by atomic mass is 19.1. The minimum Gasteiger partial charge on any atom is -0.392 e. The molecule has 0 aromatic heterocycles. The number of anilines is 1. The van der Waals surface area contributed by atoms with Gasteiger partial charge >= 0.3 is 0 Å². The molecule has 0 radical (unpaired) electrons. The van der Waals surface area contributed by atoms with Crippen LogP contribution in [0.4, 0.5) is 10.1 Å². The second kappa shape index (κ2) is 4.66. The van der Waals surface area contributed by atoms with E-state index in [1.807, 2.05) is 6.07 Å². The molecule has 0 atom stereocenters. The third-order valence-electron chi connectivity index (χ3n) is 2.93. The zero-order chi connectivity index (χ0) is 11.5. The molecule has 1 aliphatic heterocycles. The molecule has 0 aliphatic carbocycles. The van der Waals surface area contributed by atoms with Gasteiger partial charge in [0.1, 0.15) is 5.82 Å². The van der Waals surface area contributed by atoms with Crippen molar-refractivity contribution in [3.8, 4) is 0 Å². The van der Waals surface area contributed by atoms with Crippen molar-refractivity contribution in [2.75, 3.05) is 18.0 Å². The predicted octanol–water partition coefficient (Wildman–Crippen LogP) is 2.47. The number of halogens is 1. The van der Waals surface area contributed by atoms with Crippen LogP contribution >= 0.6 is 0 Å². The number of hydrogen-bond donors (Lipinski definition) is 1. The molecule has 3 heteroatoms. The molecule has 16 heavy (non-hydrogen) atoms. The molecule has 2 rings (SSSR count). The van der Waals surface area contributed by atoms with Gasteiger partial charge in [-0.05, 0) is 37.1 Å². The Morgan fingerprint density at radius 2 is 2.19 bits per heavy atom. The summed E-state index contributed by atoms with van der Waals surface area (Å²) in [5, 5.41) is 9.03. The molecule has 1 aliphatic rings. The van der Waals surface area contributed by atoms with Gasteiger partial charge in [0.25, 0.3) is 0 Å². The van der Waals surface area contributed by atoms with E-state index in [2.05, 4.69) is 17.9 Å². The number of hydrogen-bond acceptors (Lipinski definition) is 2. The Kier molecular flexibility index (Phi) is 3.25. The standard InChI is InChI=1S/C13H16FNO/c1-10-2-4-15(5-3-10)13-7-11(9-16)6-12(14)8-13/h2,6-8,16H,3-5,9H2,1H3. The lowest BCUT2D eigenvalue weighted by Crippen LogP contribution is -2.28. The van der Waals surface area contributed by atoms with E-state index in [-0.39, 0.29) is 12.4 Å². The number of aliphatic hydroxyl groups excluding tert-OH is 1. The maximum Gasteiger partial charge on any atom is 0.125 e. The molecule has 1 N–H and O–H groups in total. The molecule has 0 saturated carbocycles. The smallest absolute Gasteiger partial charge is 0.125 e. The van der Waals surface area contributed by atoms with Crippen molar-refractivity contribution in [2.45, 2.75) is 20.0 Å². The van der Waals surface area contributed by atoms with E-state index in [4.69, 9.17) is 5.11 Å². The summed E-state index contributed by atoms with van der Waals surface area (Å²) in [6.45, 7) is 3.73. The van der Waals surface area contributed by atoms with Crippen LogP contribution in [-0.4, -0.2) is 18.2 Å². The zero-order valence-electron chi connectivity index (χ0n) is 9.41. The van der Waals surface area contributed by atoms with Gasteiger partial charge in [-0.1, -0.05) is 11.6 Å². The van der Waals surface area contributed by atoms with Gasteiger partial charge in [0.05, 0.1) is 6.61 Å². The van der Waals surface area contributed by atoms with E-state index in [1.165, 1.54) is 17.7 Å². The maximum absolute atomic E-state index is 13.3. The average molecular weight is 221 g/mol. The first kappa shape index (κ1) is 11.1. The van der Waals surface area contributed by atoms with Gasteiger partial charge in [0.15, 0.2) is 0 Å². The lowest BCUT2D eigenvalue weighted by molar-refractivity contribution is 0.281. The lowest BCUT2D eigenvalue weighted by Gasteiger charge is -2.28. The van der Waals surface area contributed by atoms with Crippen molar-refractivity contribution in [1.29, 1.82) is 0 Å². The first-order chi connectivity index (χ1) is 7.69. The molecule has 0 saturated heterocycles. The van der Waals surface area contributed by atoms with Crippen molar-refractivity contribution in [3.05, 3.63) is 41.2 Å². The fraction of sp³-hybridized carbons (Fsp3) is 0.385. The first-order valence-corrected chi connectivity index (χ1v) is 5.50. The van der Waals surface area contributed by atoms with Gasteiger partial charge < -0.3 is 10.0 Å². The van der Waals surface area contributed by atoms with Crippen LogP contribution in [0.2, 0.25) is 0 Å². The van der Waals surface area contributed by atoms with E-state index < -0.39 is 0 Å². The van der Waals surface area contributed by atoms with E-state index >= 15 is 0 Å². The lowest BCUT2D eigenvalue weighted by atomic mass is 10.1. The zero-order valence-corrected chi connectivity index (χ0v) is 9.41. The number of rotatable bonds is 2. The van der Waals surface area contributed by atoms with Crippen LogP contribution in [0, 0.1) is 5.82 Å². The van der Waals surface area contributed by atoms with E-state index in [0.717, 1.165) is 25.2 Å². The quantitative estimate of drug-likeness (QED) is 0.775. The van der Waals surface area contributed by atoms with E-state index in [1.54, 1.807) is 0 Å². The summed E-state index contributed by atoms with van der Waals surface area (Å²) in [7, 11) is 0. The molecular formula is C13H16FNO. The largest absolute Gasteiger partial charge is 0.392 e. The molecule has 0 fully saturated rings. The van der Waals surface area contributed by atoms with Crippen molar-refractivity contribution < 1.29 is 9.50 Å². The number of benzene rings is 1. The van der Waals surface area contributed by atoms with E-state index in [0.29, 0.717) is 5.56 Å². The molecule has 1 aromatic rings. The van der Waals surface area contributed by atoms with Crippen LogP contribution in [0.5, 0.6) is 0 Å². The van der Waals surface area contributed by atoms with Crippen molar-refractivity contribution in [2.24, 2.45) is 0 Å². The van der Waals surface area contributed by atoms with Gasteiger partial charge in [0, 0.05) is 18.8 Å². The molecular weight excluding hydrogens is 205 g/mol. The Bertz CT molecular complexity index is 414.